The predicted molar refractivity (Wildman–Crippen MR) is 93.8 cm³/mol. The van der Waals surface area contributed by atoms with Gasteiger partial charge in [0.15, 0.2) is 5.65 Å². The number of hydrogen-bond donors (Lipinski definition) is 0. The van der Waals surface area contributed by atoms with Gasteiger partial charge >= 0.3 is 0 Å². The number of ether oxygens (including phenoxy) is 1. The first kappa shape index (κ1) is 14.5. The highest BCUT2D eigenvalue weighted by Gasteiger charge is 2.21. The molecule has 0 spiro atoms. The van der Waals surface area contributed by atoms with E-state index >= 15 is 0 Å². The zero-order chi connectivity index (χ0) is 16.8. The Morgan fingerprint density at radius 2 is 1.88 bits per heavy atom. The molecule has 0 radical (unpaired) electrons. The van der Waals surface area contributed by atoms with Crippen LogP contribution in [-0.4, -0.2) is 42.3 Å². The third kappa shape index (κ3) is 2.31. The van der Waals surface area contributed by atoms with Gasteiger partial charge in [0.05, 0.1) is 17.2 Å². The minimum atomic E-state index is 0.376. The zero-order valence-corrected chi connectivity index (χ0v) is 14.0. The maximum Gasteiger partial charge on any atom is 0.237 e. The summed E-state index contributed by atoms with van der Waals surface area (Å²) in [6.45, 7) is 3.60. The van der Waals surface area contributed by atoms with Crippen molar-refractivity contribution in [2.45, 2.75) is 25.8 Å². The Bertz CT molecular complexity index is 1060. The van der Waals surface area contributed by atoms with E-state index in [0.29, 0.717) is 12.0 Å². The summed E-state index contributed by atoms with van der Waals surface area (Å²) >= 11 is 0. The fourth-order valence-electron chi connectivity index (χ4n) is 3.61. The van der Waals surface area contributed by atoms with E-state index in [2.05, 4.69) is 19.5 Å². The first-order valence-electron chi connectivity index (χ1n) is 8.53. The van der Waals surface area contributed by atoms with Crippen LogP contribution in [0.15, 0.2) is 36.8 Å². The number of benzene rings is 1. The molecule has 1 saturated heterocycles. The number of para-hydroxylation sites is 2. The van der Waals surface area contributed by atoms with Crippen LogP contribution in [-0.2, 0) is 4.74 Å². The number of imidazole rings is 2. The van der Waals surface area contributed by atoms with Gasteiger partial charge in [-0.05, 0) is 31.9 Å². The van der Waals surface area contributed by atoms with Gasteiger partial charge in [-0.3, -0.25) is 4.57 Å². The summed E-state index contributed by atoms with van der Waals surface area (Å²) in [6.07, 6.45) is 5.54. The molecule has 0 N–H and O–H groups in total. The highest BCUT2D eigenvalue weighted by Crippen LogP contribution is 2.27. The van der Waals surface area contributed by atoms with Crippen LogP contribution in [0.3, 0.4) is 0 Å². The molecule has 7 nitrogen and oxygen atoms in total. The number of fused-ring (bicyclic) bond motifs is 2. The van der Waals surface area contributed by atoms with E-state index in [4.69, 9.17) is 9.72 Å². The van der Waals surface area contributed by atoms with Crippen LogP contribution in [0.25, 0.3) is 28.1 Å². The molecule has 126 valence electrons. The van der Waals surface area contributed by atoms with Crippen LogP contribution in [0.4, 0.5) is 0 Å². The standard InChI is InChI=1S/C18H18N6O/c1-12-21-15-10-19-18(23-11-20-14-4-2-3-5-16(14)23)22-17(15)24(12)13-6-8-25-9-7-13/h2-5,10-11,13H,6-9H2,1H3. The van der Waals surface area contributed by atoms with Crippen molar-refractivity contribution < 1.29 is 4.74 Å². The van der Waals surface area contributed by atoms with Gasteiger partial charge in [0, 0.05) is 19.3 Å². The molecule has 1 aliphatic rings. The zero-order valence-electron chi connectivity index (χ0n) is 14.0. The van der Waals surface area contributed by atoms with Gasteiger partial charge < -0.3 is 9.30 Å². The summed E-state index contributed by atoms with van der Waals surface area (Å²) in [7, 11) is 0. The molecule has 0 saturated carbocycles. The van der Waals surface area contributed by atoms with Gasteiger partial charge in [0.25, 0.3) is 0 Å². The van der Waals surface area contributed by atoms with E-state index in [1.54, 1.807) is 12.5 Å². The number of rotatable bonds is 2. The molecule has 0 amide bonds. The Kier molecular flexibility index (Phi) is 3.27. The van der Waals surface area contributed by atoms with Crippen molar-refractivity contribution in [3.63, 3.8) is 0 Å². The van der Waals surface area contributed by atoms with E-state index < -0.39 is 0 Å². The summed E-state index contributed by atoms with van der Waals surface area (Å²) in [4.78, 5) is 18.4. The van der Waals surface area contributed by atoms with Crippen molar-refractivity contribution in [2.75, 3.05) is 13.2 Å². The molecule has 7 heteroatoms. The van der Waals surface area contributed by atoms with E-state index in [1.807, 2.05) is 35.8 Å². The molecule has 5 rings (SSSR count). The summed E-state index contributed by atoms with van der Waals surface area (Å²) in [6, 6.07) is 8.36. The number of aromatic nitrogens is 6. The molecular weight excluding hydrogens is 316 g/mol. The van der Waals surface area contributed by atoms with Gasteiger partial charge in [0.2, 0.25) is 5.95 Å². The second kappa shape index (κ2) is 5.63. The lowest BCUT2D eigenvalue weighted by molar-refractivity contribution is 0.0699. The largest absolute Gasteiger partial charge is 0.381 e. The minimum Gasteiger partial charge on any atom is -0.381 e. The third-order valence-corrected chi connectivity index (χ3v) is 4.82. The minimum absolute atomic E-state index is 0.376. The maximum absolute atomic E-state index is 5.50. The lowest BCUT2D eigenvalue weighted by Gasteiger charge is -2.24. The molecule has 4 heterocycles. The van der Waals surface area contributed by atoms with Gasteiger partial charge in [-0.1, -0.05) is 12.1 Å². The lowest BCUT2D eigenvalue weighted by Crippen LogP contribution is -2.20. The van der Waals surface area contributed by atoms with Gasteiger partial charge in [-0.25, -0.2) is 15.0 Å². The predicted octanol–water partition coefficient (Wildman–Crippen LogP) is 2.83. The van der Waals surface area contributed by atoms with Gasteiger partial charge in [-0.2, -0.15) is 4.98 Å². The monoisotopic (exact) mass is 334 g/mol. The Hall–Kier alpha value is -2.80. The van der Waals surface area contributed by atoms with Crippen molar-refractivity contribution in [3.8, 4) is 5.95 Å². The second-order valence-electron chi connectivity index (χ2n) is 6.35. The Morgan fingerprint density at radius 1 is 1.04 bits per heavy atom. The normalized spacial score (nSPS) is 16.0. The van der Waals surface area contributed by atoms with E-state index in [0.717, 1.165) is 54.1 Å². The number of hydrogen-bond acceptors (Lipinski definition) is 5. The highest BCUT2D eigenvalue weighted by atomic mass is 16.5. The summed E-state index contributed by atoms with van der Waals surface area (Å²) in [5.74, 6) is 1.60. The van der Waals surface area contributed by atoms with E-state index in [9.17, 15) is 0 Å². The fraction of sp³-hybridized carbons (Fsp3) is 0.333. The second-order valence-corrected chi connectivity index (χ2v) is 6.35. The van der Waals surface area contributed by atoms with Crippen molar-refractivity contribution >= 4 is 22.2 Å². The summed E-state index contributed by atoms with van der Waals surface area (Å²) in [5.41, 5.74) is 3.64. The molecule has 0 unspecified atom stereocenters. The van der Waals surface area contributed by atoms with Crippen LogP contribution < -0.4 is 0 Å². The molecule has 4 aromatic rings. The highest BCUT2D eigenvalue weighted by molar-refractivity contribution is 5.77. The number of nitrogens with zero attached hydrogens (tertiary/aromatic N) is 6. The smallest absolute Gasteiger partial charge is 0.237 e. The lowest BCUT2D eigenvalue weighted by atomic mass is 10.1. The third-order valence-electron chi connectivity index (χ3n) is 4.82. The first-order chi connectivity index (χ1) is 12.3. The molecule has 1 aromatic carbocycles. The van der Waals surface area contributed by atoms with Crippen molar-refractivity contribution in [1.29, 1.82) is 0 Å². The molecule has 25 heavy (non-hydrogen) atoms. The van der Waals surface area contributed by atoms with E-state index in [-0.39, 0.29) is 0 Å². The quantitative estimate of drug-likeness (QED) is 0.564. The topological polar surface area (TPSA) is 70.7 Å². The first-order valence-corrected chi connectivity index (χ1v) is 8.53. The van der Waals surface area contributed by atoms with Crippen LogP contribution in [0.1, 0.15) is 24.7 Å². The molecule has 0 bridgehead atoms. The SMILES string of the molecule is Cc1nc2cnc(-n3cnc4ccccc43)nc2n1C1CCOCC1. The van der Waals surface area contributed by atoms with E-state index in [1.165, 1.54) is 0 Å². The molecule has 1 fully saturated rings. The Morgan fingerprint density at radius 3 is 2.76 bits per heavy atom. The van der Waals surface area contributed by atoms with Crippen molar-refractivity contribution in [2.24, 2.45) is 0 Å². The van der Waals surface area contributed by atoms with Crippen molar-refractivity contribution in [3.05, 3.63) is 42.6 Å². The average Bonchev–Trinajstić information content (AvgIpc) is 3.22. The average molecular weight is 334 g/mol. The fourth-order valence-corrected chi connectivity index (χ4v) is 3.61. The molecule has 1 aliphatic heterocycles. The molecule has 0 aliphatic carbocycles. The van der Waals surface area contributed by atoms with Crippen LogP contribution in [0.2, 0.25) is 0 Å². The van der Waals surface area contributed by atoms with Gasteiger partial charge in [0.1, 0.15) is 17.7 Å². The molecule has 0 atom stereocenters. The summed E-state index contributed by atoms with van der Waals surface area (Å²) < 4.78 is 9.66. The van der Waals surface area contributed by atoms with Crippen molar-refractivity contribution in [1.82, 2.24) is 29.1 Å². The Labute approximate surface area is 144 Å². The number of aryl methyl sites for hydroxylation is 1. The molecule has 3 aromatic heterocycles. The van der Waals surface area contributed by atoms with Crippen LogP contribution >= 0.6 is 0 Å². The van der Waals surface area contributed by atoms with Crippen LogP contribution in [0, 0.1) is 6.92 Å². The molecular formula is C18H18N6O. The Balaban J connectivity index is 1.68. The maximum atomic E-state index is 5.50. The van der Waals surface area contributed by atoms with Gasteiger partial charge in [-0.15, -0.1) is 0 Å². The van der Waals surface area contributed by atoms with Crippen LogP contribution in [0.5, 0.6) is 0 Å². The summed E-state index contributed by atoms with van der Waals surface area (Å²) in [5, 5.41) is 0.